The van der Waals surface area contributed by atoms with Gasteiger partial charge in [0.25, 0.3) is 5.91 Å². The highest BCUT2D eigenvalue weighted by molar-refractivity contribution is 7.15. The number of aryl methyl sites for hydroxylation is 1. The first-order valence-corrected chi connectivity index (χ1v) is 10.0. The molecule has 2 aromatic rings. The third kappa shape index (κ3) is 4.47. The Bertz CT molecular complexity index is 692. The maximum Gasteiger partial charge on any atom is 0.274 e. The van der Waals surface area contributed by atoms with Crippen molar-refractivity contribution < 1.29 is 4.79 Å². The van der Waals surface area contributed by atoms with Crippen molar-refractivity contribution >= 4 is 17.2 Å². The Hall–Kier alpha value is -1.72. The number of aromatic nitrogens is 1. The molecule has 0 aliphatic heterocycles. The molecule has 0 unspecified atom stereocenters. The second kappa shape index (κ2) is 8.59. The van der Waals surface area contributed by atoms with E-state index in [1.165, 1.54) is 32.1 Å². The lowest BCUT2D eigenvalue weighted by atomic mass is 9.89. The molecule has 0 bridgehead atoms. The van der Waals surface area contributed by atoms with E-state index >= 15 is 0 Å². The van der Waals surface area contributed by atoms with Gasteiger partial charge in [-0.3, -0.25) is 4.79 Å². The molecule has 1 amide bonds. The molecular weight excluding hydrogens is 330 g/mol. The van der Waals surface area contributed by atoms with Gasteiger partial charge < -0.3 is 10.6 Å². The minimum Gasteiger partial charge on any atom is -0.336 e. The van der Waals surface area contributed by atoms with Crippen LogP contribution in [-0.2, 0) is 0 Å². The van der Waals surface area contributed by atoms with Gasteiger partial charge >= 0.3 is 0 Å². The molecule has 134 valence electrons. The minimum absolute atomic E-state index is 0.0271. The minimum atomic E-state index is 0.0271. The van der Waals surface area contributed by atoms with E-state index in [4.69, 9.17) is 5.73 Å². The SMILES string of the molecule is Cc1nc(C(=O)N(CCN)CC2CCCCC2)c(-c2ccccc2)s1. The average molecular weight is 358 g/mol. The van der Waals surface area contributed by atoms with Crippen molar-refractivity contribution in [2.24, 2.45) is 11.7 Å². The summed E-state index contributed by atoms with van der Waals surface area (Å²) < 4.78 is 0. The van der Waals surface area contributed by atoms with Gasteiger partial charge in [-0.1, -0.05) is 49.6 Å². The van der Waals surface area contributed by atoms with Gasteiger partial charge in [0.05, 0.1) is 9.88 Å². The van der Waals surface area contributed by atoms with E-state index in [1.807, 2.05) is 42.2 Å². The van der Waals surface area contributed by atoms with Gasteiger partial charge in [0.15, 0.2) is 0 Å². The van der Waals surface area contributed by atoms with Crippen LogP contribution in [0.5, 0.6) is 0 Å². The van der Waals surface area contributed by atoms with Gasteiger partial charge in [0.1, 0.15) is 5.69 Å². The first kappa shape index (κ1) is 18.1. The van der Waals surface area contributed by atoms with E-state index < -0.39 is 0 Å². The molecular formula is C20H27N3OS. The summed E-state index contributed by atoms with van der Waals surface area (Å²) in [6.45, 7) is 3.85. The van der Waals surface area contributed by atoms with Gasteiger partial charge in [0.2, 0.25) is 0 Å². The van der Waals surface area contributed by atoms with Crippen LogP contribution >= 0.6 is 11.3 Å². The number of nitrogens with two attached hydrogens (primary N) is 1. The summed E-state index contributed by atoms with van der Waals surface area (Å²) in [7, 11) is 0. The Balaban J connectivity index is 1.84. The fourth-order valence-corrected chi connectivity index (χ4v) is 4.54. The molecule has 2 N–H and O–H groups in total. The first-order chi connectivity index (χ1) is 12.2. The summed E-state index contributed by atoms with van der Waals surface area (Å²) in [4.78, 5) is 20.7. The van der Waals surface area contributed by atoms with Gasteiger partial charge in [-0.2, -0.15) is 0 Å². The number of nitrogens with zero attached hydrogens (tertiary/aromatic N) is 2. The van der Waals surface area contributed by atoms with E-state index in [-0.39, 0.29) is 5.91 Å². The Morgan fingerprint density at radius 2 is 1.96 bits per heavy atom. The number of carbonyl (C=O) groups is 1. The topological polar surface area (TPSA) is 59.2 Å². The van der Waals surface area contributed by atoms with Crippen LogP contribution in [0.25, 0.3) is 10.4 Å². The van der Waals surface area contributed by atoms with Crippen LogP contribution in [0.3, 0.4) is 0 Å². The summed E-state index contributed by atoms with van der Waals surface area (Å²) in [5, 5.41) is 0.924. The van der Waals surface area contributed by atoms with E-state index in [1.54, 1.807) is 11.3 Å². The van der Waals surface area contributed by atoms with Crippen molar-refractivity contribution in [3.05, 3.63) is 41.0 Å². The lowest BCUT2D eigenvalue weighted by molar-refractivity contribution is 0.0715. The fraction of sp³-hybridized carbons (Fsp3) is 0.500. The number of amides is 1. The first-order valence-electron chi connectivity index (χ1n) is 9.21. The smallest absolute Gasteiger partial charge is 0.274 e. The van der Waals surface area contributed by atoms with Gasteiger partial charge in [-0.15, -0.1) is 11.3 Å². The van der Waals surface area contributed by atoms with Crippen molar-refractivity contribution in [1.29, 1.82) is 0 Å². The van der Waals surface area contributed by atoms with Gasteiger partial charge in [-0.05, 0) is 31.2 Å². The highest BCUT2D eigenvalue weighted by atomic mass is 32.1. The molecule has 0 atom stereocenters. The molecule has 1 aromatic carbocycles. The van der Waals surface area contributed by atoms with Gasteiger partial charge in [-0.25, -0.2) is 4.98 Å². The van der Waals surface area contributed by atoms with E-state index in [0.29, 0.717) is 24.7 Å². The van der Waals surface area contributed by atoms with E-state index in [9.17, 15) is 4.79 Å². The summed E-state index contributed by atoms with van der Waals surface area (Å²) in [5.41, 5.74) is 7.43. The number of benzene rings is 1. The molecule has 1 aromatic heterocycles. The normalized spacial score (nSPS) is 15.3. The van der Waals surface area contributed by atoms with Crippen LogP contribution in [-0.4, -0.2) is 35.4 Å². The van der Waals surface area contributed by atoms with Crippen LogP contribution in [0.4, 0.5) is 0 Å². The van der Waals surface area contributed by atoms with Crippen molar-refractivity contribution in [1.82, 2.24) is 9.88 Å². The van der Waals surface area contributed by atoms with Crippen LogP contribution in [0.15, 0.2) is 30.3 Å². The Kier molecular flexibility index (Phi) is 6.21. The van der Waals surface area contributed by atoms with E-state index in [0.717, 1.165) is 22.0 Å². The Morgan fingerprint density at radius 1 is 1.24 bits per heavy atom. The zero-order valence-electron chi connectivity index (χ0n) is 14.9. The molecule has 3 rings (SSSR count). The fourth-order valence-electron chi connectivity index (χ4n) is 3.62. The third-order valence-corrected chi connectivity index (χ3v) is 5.88. The maximum absolute atomic E-state index is 13.2. The average Bonchev–Trinajstić information content (AvgIpc) is 3.04. The Morgan fingerprint density at radius 3 is 2.64 bits per heavy atom. The van der Waals surface area contributed by atoms with Crippen LogP contribution in [0.2, 0.25) is 0 Å². The number of rotatable bonds is 6. The second-order valence-electron chi connectivity index (χ2n) is 6.82. The molecule has 0 spiro atoms. The highest BCUT2D eigenvalue weighted by Crippen LogP contribution is 2.31. The third-order valence-electron chi connectivity index (χ3n) is 4.86. The second-order valence-corrected chi connectivity index (χ2v) is 8.02. The molecule has 1 fully saturated rings. The molecule has 4 nitrogen and oxygen atoms in total. The molecule has 5 heteroatoms. The number of hydrogen-bond acceptors (Lipinski definition) is 4. The standard InChI is InChI=1S/C20H27N3OS/c1-15-22-18(19(25-15)17-10-6-3-7-11-17)20(24)23(13-12-21)14-16-8-4-2-5-9-16/h3,6-7,10-11,16H,2,4-5,8-9,12-14,21H2,1H3. The summed E-state index contributed by atoms with van der Waals surface area (Å²) in [5.74, 6) is 0.628. The zero-order valence-corrected chi connectivity index (χ0v) is 15.7. The van der Waals surface area contributed by atoms with Crippen molar-refractivity contribution in [2.45, 2.75) is 39.0 Å². The van der Waals surface area contributed by atoms with Crippen molar-refractivity contribution in [2.75, 3.05) is 19.6 Å². The number of thiazole rings is 1. The number of hydrogen-bond donors (Lipinski definition) is 1. The molecule has 1 aliphatic rings. The van der Waals surface area contributed by atoms with Crippen LogP contribution < -0.4 is 5.73 Å². The van der Waals surface area contributed by atoms with Crippen molar-refractivity contribution in [3.8, 4) is 10.4 Å². The zero-order chi connectivity index (χ0) is 17.6. The van der Waals surface area contributed by atoms with Crippen molar-refractivity contribution in [3.63, 3.8) is 0 Å². The quantitative estimate of drug-likeness (QED) is 0.847. The largest absolute Gasteiger partial charge is 0.336 e. The monoisotopic (exact) mass is 357 g/mol. The van der Waals surface area contributed by atoms with Crippen LogP contribution in [0.1, 0.15) is 47.6 Å². The lowest BCUT2D eigenvalue weighted by Crippen LogP contribution is -2.39. The summed E-state index contributed by atoms with van der Waals surface area (Å²) >= 11 is 1.59. The van der Waals surface area contributed by atoms with Gasteiger partial charge in [0, 0.05) is 19.6 Å². The predicted octanol–water partition coefficient (Wildman–Crippen LogP) is 4.10. The maximum atomic E-state index is 13.2. The van der Waals surface area contributed by atoms with E-state index in [2.05, 4.69) is 4.98 Å². The highest BCUT2D eigenvalue weighted by Gasteiger charge is 2.26. The molecule has 25 heavy (non-hydrogen) atoms. The predicted molar refractivity (Wildman–Crippen MR) is 104 cm³/mol. The summed E-state index contributed by atoms with van der Waals surface area (Å²) in [6.07, 6.45) is 6.32. The lowest BCUT2D eigenvalue weighted by Gasteiger charge is -2.29. The molecule has 0 saturated heterocycles. The molecule has 0 radical (unpaired) electrons. The summed E-state index contributed by atoms with van der Waals surface area (Å²) in [6, 6.07) is 10.1. The van der Waals surface area contributed by atoms with Crippen LogP contribution in [0, 0.1) is 12.8 Å². The molecule has 1 saturated carbocycles. The number of carbonyl (C=O) groups excluding carboxylic acids is 1. The molecule has 1 heterocycles. The molecule has 1 aliphatic carbocycles. The Labute approximate surface area is 154 Å².